The van der Waals surface area contributed by atoms with Crippen molar-refractivity contribution < 1.29 is 38.1 Å². The van der Waals surface area contributed by atoms with Crippen molar-refractivity contribution in [3.8, 4) is 5.75 Å². The molecule has 0 radical (unpaired) electrons. The third-order valence-corrected chi connectivity index (χ3v) is 3.32. The van der Waals surface area contributed by atoms with Gasteiger partial charge in [0.15, 0.2) is 0 Å². The lowest BCUT2D eigenvalue weighted by Crippen LogP contribution is -2.50. The van der Waals surface area contributed by atoms with Crippen LogP contribution in [0.2, 0.25) is 0 Å². The Bertz CT molecular complexity index is 661. The summed E-state index contributed by atoms with van der Waals surface area (Å²) in [5, 5.41) is 0. The molecule has 0 aliphatic heterocycles. The lowest BCUT2D eigenvalue weighted by Gasteiger charge is -2.26. The van der Waals surface area contributed by atoms with Gasteiger partial charge in [-0.3, -0.25) is 9.59 Å². The summed E-state index contributed by atoms with van der Waals surface area (Å²) in [6.07, 6.45) is -0.718. The highest BCUT2D eigenvalue weighted by atomic mass is 16.6. The molecule has 1 rings (SSSR count). The van der Waals surface area contributed by atoms with Gasteiger partial charge in [-0.1, -0.05) is 24.8 Å². The highest BCUT2D eigenvalue weighted by molar-refractivity contribution is 6.19. The van der Waals surface area contributed by atoms with Gasteiger partial charge in [0.05, 0.1) is 21.3 Å². The van der Waals surface area contributed by atoms with Gasteiger partial charge in [-0.2, -0.15) is 0 Å². The molecule has 0 saturated heterocycles. The maximum atomic E-state index is 12.7. The molecule has 0 saturated carbocycles. The zero-order chi connectivity index (χ0) is 19.0. The van der Waals surface area contributed by atoms with Crippen molar-refractivity contribution in [1.29, 1.82) is 0 Å². The molecule has 25 heavy (non-hydrogen) atoms. The highest BCUT2D eigenvalue weighted by Gasteiger charge is 2.58. The van der Waals surface area contributed by atoms with Crippen LogP contribution >= 0.6 is 0 Å². The number of esters is 4. The summed E-state index contributed by atoms with van der Waals surface area (Å²) >= 11 is 0. The molecule has 1 aromatic carbocycles. The molecule has 134 valence electrons. The topological polar surface area (TPSA) is 105 Å². The number of carbonyl (C=O) groups is 4. The fourth-order valence-electron chi connectivity index (χ4n) is 2.03. The number of hydrogen-bond acceptors (Lipinski definition) is 8. The minimum absolute atomic E-state index is 0.0911. The molecule has 0 aliphatic carbocycles. The van der Waals surface area contributed by atoms with Crippen LogP contribution in [0.25, 0.3) is 0 Å². The van der Waals surface area contributed by atoms with Gasteiger partial charge in [0, 0.05) is 12.0 Å². The Morgan fingerprint density at radius 3 is 1.84 bits per heavy atom. The van der Waals surface area contributed by atoms with Crippen LogP contribution in [0.15, 0.2) is 42.5 Å². The van der Waals surface area contributed by atoms with Crippen molar-refractivity contribution in [1.82, 2.24) is 0 Å². The molecule has 0 aliphatic rings. The number of methoxy groups -OCH3 is 3. The Morgan fingerprint density at radius 2 is 1.40 bits per heavy atom. The molecule has 0 atom stereocenters. The van der Waals surface area contributed by atoms with Gasteiger partial charge in [-0.05, 0) is 12.1 Å². The van der Waals surface area contributed by atoms with E-state index in [1.807, 2.05) is 0 Å². The van der Waals surface area contributed by atoms with Crippen molar-refractivity contribution in [2.45, 2.75) is 6.42 Å². The molecule has 0 fully saturated rings. The first-order valence-electron chi connectivity index (χ1n) is 7.03. The SMILES string of the molecule is C=C(CC(C(=O)OC)(C(=O)OC)C(=O)Oc1ccccc1)C(=O)OC. The Kier molecular flexibility index (Phi) is 6.86. The van der Waals surface area contributed by atoms with E-state index in [4.69, 9.17) is 4.74 Å². The molecule has 1 aromatic rings. The zero-order valence-corrected chi connectivity index (χ0v) is 14.1. The maximum Gasteiger partial charge on any atom is 0.340 e. The first kappa shape index (κ1) is 19.9. The summed E-state index contributed by atoms with van der Waals surface area (Å²) in [7, 11) is 3.06. The van der Waals surface area contributed by atoms with Crippen molar-refractivity contribution in [3.05, 3.63) is 42.5 Å². The monoisotopic (exact) mass is 350 g/mol. The molecule has 0 bridgehead atoms. The minimum atomic E-state index is -2.55. The number of benzene rings is 1. The van der Waals surface area contributed by atoms with Crippen LogP contribution in [0.3, 0.4) is 0 Å². The molecular formula is C17H18O8. The van der Waals surface area contributed by atoms with Crippen molar-refractivity contribution in [2.75, 3.05) is 21.3 Å². The van der Waals surface area contributed by atoms with E-state index in [1.165, 1.54) is 12.1 Å². The van der Waals surface area contributed by atoms with Crippen LogP contribution in [0, 0.1) is 5.41 Å². The van der Waals surface area contributed by atoms with Crippen LogP contribution < -0.4 is 4.74 Å². The fourth-order valence-corrected chi connectivity index (χ4v) is 2.03. The molecule has 0 amide bonds. The van der Waals surface area contributed by atoms with E-state index < -0.39 is 35.7 Å². The van der Waals surface area contributed by atoms with E-state index in [0.29, 0.717) is 0 Å². The standard InChI is InChI=1S/C17H18O8/c1-11(13(18)22-2)10-17(14(19)23-3,15(20)24-4)16(21)25-12-8-6-5-7-9-12/h5-9H,1,10H2,2-4H3. The average Bonchev–Trinajstić information content (AvgIpc) is 2.64. The Balaban J connectivity index is 3.34. The molecule has 8 nitrogen and oxygen atoms in total. The summed E-state index contributed by atoms with van der Waals surface area (Å²) < 4.78 is 18.8. The molecule has 0 N–H and O–H groups in total. The number of hydrogen-bond donors (Lipinski definition) is 0. The molecule has 0 spiro atoms. The Labute approximate surface area is 144 Å². The summed E-state index contributed by atoms with van der Waals surface area (Å²) in [5.41, 5.74) is -2.85. The Morgan fingerprint density at radius 1 is 0.880 bits per heavy atom. The molecule has 0 aromatic heterocycles. The predicted octanol–water partition coefficient (Wildman–Crippen LogP) is 1.04. The van der Waals surface area contributed by atoms with Crippen molar-refractivity contribution >= 4 is 23.9 Å². The summed E-state index contributed by atoms with van der Waals surface area (Å²) in [5.74, 6) is -4.56. The first-order chi connectivity index (χ1) is 11.8. The van der Waals surface area contributed by atoms with Gasteiger partial charge in [0.2, 0.25) is 0 Å². The van der Waals surface area contributed by atoms with Gasteiger partial charge < -0.3 is 18.9 Å². The Hall–Kier alpha value is -3.16. The third-order valence-electron chi connectivity index (χ3n) is 3.32. The lowest BCUT2D eigenvalue weighted by atomic mass is 9.81. The highest BCUT2D eigenvalue weighted by Crippen LogP contribution is 2.32. The van der Waals surface area contributed by atoms with Gasteiger partial charge in [0.1, 0.15) is 5.75 Å². The quantitative estimate of drug-likeness (QED) is 0.236. The van der Waals surface area contributed by atoms with E-state index in [2.05, 4.69) is 20.8 Å². The second kappa shape index (κ2) is 8.62. The molecular weight excluding hydrogens is 332 g/mol. The second-order valence-electron chi connectivity index (χ2n) is 4.86. The zero-order valence-electron chi connectivity index (χ0n) is 14.1. The van der Waals surface area contributed by atoms with E-state index in [0.717, 1.165) is 21.3 Å². The molecule has 0 unspecified atom stereocenters. The normalized spacial score (nSPS) is 10.4. The number of ether oxygens (including phenoxy) is 4. The van der Waals surface area contributed by atoms with E-state index in [1.54, 1.807) is 18.2 Å². The maximum absolute atomic E-state index is 12.7. The summed E-state index contributed by atoms with van der Waals surface area (Å²) in [6, 6.07) is 7.77. The van der Waals surface area contributed by atoms with E-state index in [-0.39, 0.29) is 11.3 Å². The molecule has 8 heteroatoms. The third kappa shape index (κ3) is 4.23. The van der Waals surface area contributed by atoms with Gasteiger partial charge >= 0.3 is 23.9 Å². The number of rotatable bonds is 7. The smallest absolute Gasteiger partial charge is 0.340 e. The predicted molar refractivity (Wildman–Crippen MR) is 84.3 cm³/mol. The van der Waals surface area contributed by atoms with E-state index in [9.17, 15) is 19.2 Å². The van der Waals surface area contributed by atoms with Crippen molar-refractivity contribution in [3.63, 3.8) is 0 Å². The van der Waals surface area contributed by atoms with Crippen LogP contribution in [-0.4, -0.2) is 45.2 Å². The van der Waals surface area contributed by atoms with Gasteiger partial charge in [-0.25, -0.2) is 9.59 Å². The lowest BCUT2D eigenvalue weighted by molar-refractivity contribution is -0.177. The summed E-state index contributed by atoms with van der Waals surface area (Å²) in [6.45, 7) is 3.44. The van der Waals surface area contributed by atoms with Crippen LogP contribution in [0.4, 0.5) is 0 Å². The van der Waals surface area contributed by atoms with Crippen molar-refractivity contribution in [2.24, 2.45) is 5.41 Å². The minimum Gasteiger partial charge on any atom is -0.468 e. The van der Waals surface area contributed by atoms with Crippen LogP contribution in [0.1, 0.15) is 6.42 Å². The average molecular weight is 350 g/mol. The van der Waals surface area contributed by atoms with Gasteiger partial charge in [0.25, 0.3) is 5.41 Å². The second-order valence-corrected chi connectivity index (χ2v) is 4.86. The number of carbonyl (C=O) groups excluding carboxylic acids is 4. The fraction of sp³-hybridized carbons (Fsp3) is 0.294. The summed E-state index contributed by atoms with van der Waals surface area (Å²) in [4.78, 5) is 48.9. The first-order valence-corrected chi connectivity index (χ1v) is 7.03. The largest absolute Gasteiger partial charge is 0.468 e. The van der Waals surface area contributed by atoms with E-state index >= 15 is 0 Å². The van der Waals surface area contributed by atoms with Gasteiger partial charge in [-0.15, -0.1) is 0 Å². The number of para-hydroxylation sites is 1. The molecule has 0 heterocycles. The van der Waals surface area contributed by atoms with Crippen LogP contribution in [-0.2, 0) is 33.4 Å². The van der Waals surface area contributed by atoms with Crippen LogP contribution in [0.5, 0.6) is 5.75 Å².